The first-order valence-corrected chi connectivity index (χ1v) is 5.20. The van der Waals surface area contributed by atoms with Gasteiger partial charge in [0.2, 0.25) is 0 Å². The summed E-state index contributed by atoms with van der Waals surface area (Å²) in [4.78, 5) is 23.6. The maximum absolute atomic E-state index is 11.9. The van der Waals surface area contributed by atoms with Crippen molar-refractivity contribution < 1.29 is 14.3 Å². The Morgan fingerprint density at radius 2 is 2.33 bits per heavy atom. The molecule has 0 aromatic rings. The van der Waals surface area contributed by atoms with E-state index >= 15 is 0 Å². The Balaban J connectivity index is 2.13. The van der Waals surface area contributed by atoms with E-state index in [0.29, 0.717) is 0 Å². The van der Waals surface area contributed by atoms with Crippen molar-refractivity contribution in [2.24, 2.45) is 23.2 Å². The van der Waals surface area contributed by atoms with Crippen LogP contribution in [0.15, 0.2) is 24.3 Å². The highest BCUT2D eigenvalue weighted by atomic mass is 16.5. The Morgan fingerprint density at radius 3 is 3.07 bits per heavy atom. The molecule has 0 amide bonds. The minimum absolute atomic E-state index is 0.0808. The van der Waals surface area contributed by atoms with E-state index in [1.165, 1.54) is 7.11 Å². The first kappa shape index (κ1) is 8.89. The van der Waals surface area contributed by atoms with Gasteiger partial charge in [-0.2, -0.15) is 0 Å². The number of fused-ring (bicyclic) bond motifs is 5. The quantitative estimate of drug-likeness (QED) is 0.474. The molecule has 3 rings (SSSR count). The summed E-state index contributed by atoms with van der Waals surface area (Å²) in [5, 5.41) is 0. The van der Waals surface area contributed by atoms with E-state index in [1.807, 2.05) is 0 Å². The van der Waals surface area contributed by atoms with Crippen LogP contribution in [0.5, 0.6) is 0 Å². The van der Waals surface area contributed by atoms with Gasteiger partial charge in [-0.15, -0.1) is 0 Å². The molecule has 78 valence electrons. The number of allylic oxidation sites excluding steroid dienone is 3. The monoisotopic (exact) mass is 204 g/mol. The highest BCUT2D eigenvalue weighted by Crippen LogP contribution is 2.60. The van der Waals surface area contributed by atoms with E-state index in [2.05, 4.69) is 12.2 Å². The minimum atomic E-state index is -0.675. The second-order valence-corrected chi connectivity index (χ2v) is 4.53. The maximum atomic E-state index is 11.9. The van der Waals surface area contributed by atoms with E-state index in [1.54, 1.807) is 12.2 Å². The molecule has 1 fully saturated rings. The topological polar surface area (TPSA) is 43.4 Å². The van der Waals surface area contributed by atoms with Crippen LogP contribution in [0.1, 0.15) is 6.42 Å². The first-order chi connectivity index (χ1) is 7.20. The Bertz CT molecular complexity index is 407. The molecule has 0 aliphatic heterocycles. The van der Waals surface area contributed by atoms with Gasteiger partial charge in [-0.1, -0.05) is 18.2 Å². The average Bonchev–Trinajstić information content (AvgIpc) is 2.89. The molecule has 3 nitrogen and oxygen atoms in total. The van der Waals surface area contributed by atoms with Crippen molar-refractivity contribution in [2.75, 3.05) is 7.11 Å². The zero-order valence-electron chi connectivity index (χ0n) is 8.47. The average molecular weight is 204 g/mol. The SMILES string of the molecule is COC(=O)C12C=CC(=O)C1C1C=CC2C1. The molecule has 1 saturated carbocycles. The molecule has 3 aliphatic carbocycles. The van der Waals surface area contributed by atoms with Crippen molar-refractivity contribution in [3.8, 4) is 0 Å². The first-order valence-electron chi connectivity index (χ1n) is 5.20. The summed E-state index contributed by atoms with van der Waals surface area (Å²) in [5.41, 5.74) is -0.675. The molecule has 15 heavy (non-hydrogen) atoms. The predicted molar refractivity (Wildman–Crippen MR) is 52.8 cm³/mol. The molecule has 3 heteroatoms. The molecule has 0 aromatic carbocycles. The van der Waals surface area contributed by atoms with Gasteiger partial charge in [0.15, 0.2) is 5.78 Å². The summed E-state index contributed by atoms with van der Waals surface area (Å²) in [7, 11) is 1.39. The van der Waals surface area contributed by atoms with Gasteiger partial charge in [0.05, 0.1) is 7.11 Å². The Kier molecular flexibility index (Phi) is 1.54. The van der Waals surface area contributed by atoms with Gasteiger partial charge < -0.3 is 4.74 Å². The number of hydrogen-bond acceptors (Lipinski definition) is 3. The van der Waals surface area contributed by atoms with Gasteiger partial charge in [-0.05, 0) is 24.3 Å². The van der Waals surface area contributed by atoms with Crippen LogP contribution in [0.3, 0.4) is 0 Å². The lowest BCUT2D eigenvalue weighted by atomic mass is 9.70. The van der Waals surface area contributed by atoms with Crippen LogP contribution in [0.25, 0.3) is 0 Å². The van der Waals surface area contributed by atoms with Crippen LogP contribution < -0.4 is 0 Å². The van der Waals surface area contributed by atoms with Gasteiger partial charge in [-0.25, -0.2) is 0 Å². The molecule has 0 spiro atoms. The summed E-state index contributed by atoms with van der Waals surface area (Å²) in [6.45, 7) is 0. The third kappa shape index (κ3) is 0.822. The summed E-state index contributed by atoms with van der Waals surface area (Å²) in [6, 6.07) is 0. The summed E-state index contributed by atoms with van der Waals surface area (Å²) in [6.07, 6.45) is 8.35. The molecule has 0 N–H and O–H groups in total. The third-order valence-corrected chi connectivity index (χ3v) is 4.04. The van der Waals surface area contributed by atoms with Crippen molar-refractivity contribution in [1.29, 1.82) is 0 Å². The fourth-order valence-corrected chi connectivity index (χ4v) is 3.43. The second kappa shape index (κ2) is 2.60. The number of rotatable bonds is 1. The van der Waals surface area contributed by atoms with E-state index in [9.17, 15) is 9.59 Å². The normalized spacial score (nSPS) is 44.9. The smallest absolute Gasteiger partial charge is 0.317 e. The molecule has 3 aliphatic rings. The summed E-state index contributed by atoms with van der Waals surface area (Å²) < 4.78 is 4.86. The van der Waals surface area contributed by atoms with Crippen LogP contribution in [0, 0.1) is 23.2 Å². The fourth-order valence-electron chi connectivity index (χ4n) is 3.43. The van der Waals surface area contributed by atoms with Crippen LogP contribution >= 0.6 is 0 Å². The van der Waals surface area contributed by atoms with Gasteiger partial charge in [0.25, 0.3) is 0 Å². The van der Waals surface area contributed by atoms with Gasteiger partial charge >= 0.3 is 5.97 Å². The largest absolute Gasteiger partial charge is 0.468 e. The maximum Gasteiger partial charge on any atom is 0.317 e. The molecule has 0 heterocycles. The summed E-state index contributed by atoms with van der Waals surface area (Å²) in [5.74, 6) is 0.0166. The molecule has 0 saturated heterocycles. The van der Waals surface area contributed by atoms with Crippen molar-refractivity contribution in [3.05, 3.63) is 24.3 Å². The third-order valence-electron chi connectivity index (χ3n) is 4.04. The Hall–Kier alpha value is -1.38. The van der Waals surface area contributed by atoms with E-state index in [-0.39, 0.29) is 29.5 Å². The molecule has 4 unspecified atom stereocenters. The number of carbonyl (C=O) groups is 2. The number of carbonyl (C=O) groups excluding carboxylic acids is 2. The Morgan fingerprint density at radius 1 is 1.53 bits per heavy atom. The number of ether oxygens (including phenoxy) is 1. The van der Waals surface area contributed by atoms with Crippen LogP contribution in [0.2, 0.25) is 0 Å². The highest BCUT2D eigenvalue weighted by molar-refractivity contribution is 6.03. The fraction of sp³-hybridized carbons (Fsp3) is 0.500. The van der Waals surface area contributed by atoms with Crippen molar-refractivity contribution in [3.63, 3.8) is 0 Å². The lowest BCUT2D eigenvalue weighted by molar-refractivity contribution is -0.154. The predicted octanol–water partition coefficient (Wildman–Crippen LogP) is 1.11. The van der Waals surface area contributed by atoms with Gasteiger partial charge in [-0.3, -0.25) is 9.59 Å². The number of esters is 1. The standard InChI is InChI=1S/C12H12O3/c1-15-11(14)12-5-4-9(13)10(12)7-2-3-8(12)6-7/h2-5,7-8,10H,6H2,1H3. The van der Waals surface area contributed by atoms with Crippen molar-refractivity contribution in [1.82, 2.24) is 0 Å². The highest BCUT2D eigenvalue weighted by Gasteiger charge is 2.64. The second-order valence-electron chi connectivity index (χ2n) is 4.53. The number of methoxy groups -OCH3 is 1. The van der Waals surface area contributed by atoms with E-state index in [0.717, 1.165) is 6.42 Å². The molecule has 4 atom stereocenters. The minimum Gasteiger partial charge on any atom is -0.468 e. The van der Waals surface area contributed by atoms with Crippen LogP contribution in [-0.4, -0.2) is 18.9 Å². The summed E-state index contributed by atoms with van der Waals surface area (Å²) >= 11 is 0. The lowest BCUT2D eigenvalue weighted by Gasteiger charge is -2.31. The number of ketones is 1. The van der Waals surface area contributed by atoms with Gasteiger partial charge in [0, 0.05) is 5.92 Å². The zero-order valence-corrected chi connectivity index (χ0v) is 8.47. The Labute approximate surface area is 87.8 Å². The van der Waals surface area contributed by atoms with E-state index < -0.39 is 5.41 Å². The molecular formula is C12H12O3. The van der Waals surface area contributed by atoms with Gasteiger partial charge in [0.1, 0.15) is 5.41 Å². The van der Waals surface area contributed by atoms with Crippen molar-refractivity contribution in [2.45, 2.75) is 6.42 Å². The molecule has 0 aromatic heterocycles. The van der Waals surface area contributed by atoms with Crippen molar-refractivity contribution >= 4 is 11.8 Å². The molecular weight excluding hydrogens is 192 g/mol. The van der Waals surface area contributed by atoms with E-state index in [4.69, 9.17) is 4.74 Å². The zero-order chi connectivity index (χ0) is 10.6. The number of hydrogen-bond donors (Lipinski definition) is 0. The molecule has 2 bridgehead atoms. The molecule has 0 radical (unpaired) electrons. The lowest BCUT2D eigenvalue weighted by Crippen LogP contribution is -2.41. The van der Waals surface area contributed by atoms with Crippen LogP contribution in [-0.2, 0) is 14.3 Å². The van der Waals surface area contributed by atoms with Crippen LogP contribution in [0.4, 0.5) is 0 Å².